The Morgan fingerprint density at radius 2 is 0.697 bits per heavy atom. The van der Waals surface area contributed by atoms with Crippen molar-refractivity contribution in [1.82, 2.24) is 0 Å². The minimum atomic E-state index is -0.394. The molecule has 0 spiro atoms. The zero-order chi connectivity index (χ0) is 22.9. The Balaban J connectivity index is 1.36. The summed E-state index contributed by atoms with van der Waals surface area (Å²) in [6, 6.07) is 25.7. The first-order chi connectivity index (χ1) is 16.0. The summed E-state index contributed by atoms with van der Waals surface area (Å²) in [5.41, 5.74) is 2.09. The molecule has 0 unspecified atom stereocenters. The number of nitro groups is 2. The van der Waals surface area contributed by atoms with Gasteiger partial charge in [0.05, 0.1) is 9.85 Å². The van der Waals surface area contributed by atoms with E-state index in [1.807, 2.05) is 12.1 Å². The lowest BCUT2D eigenvalue weighted by atomic mass is 10.2. The van der Waals surface area contributed by atoms with Crippen LogP contribution in [0.5, 0.6) is 0 Å². The Morgan fingerprint density at radius 1 is 0.424 bits per heavy atom. The molecule has 6 nitrogen and oxygen atoms in total. The zero-order valence-corrected chi connectivity index (χ0v) is 19.3. The molecule has 0 aliphatic rings. The van der Waals surface area contributed by atoms with Gasteiger partial charge >= 0.3 is 0 Å². The molecule has 0 radical (unpaired) electrons. The summed E-state index contributed by atoms with van der Waals surface area (Å²) in [7, 11) is 0. The minimum absolute atomic E-state index is 0.0856. The lowest BCUT2D eigenvalue weighted by Crippen LogP contribution is -1.86. The molecule has 0 aliphatic heterocycles. The number of hydrogen-bond donors (Lipinski definition) is 0. The van der Waals surface area contributed by atoms with Crippen LogP contribution >= 0.6 is 34.0 Å². The van der Waals surface area contributed by atoms with Gasteiger partial charge in [-0.1, -0.05) is 0 Å². The summed E-state index contributed by atoms with van der Waals surface area (Å²) in [5.74, 6) is 0. The quantitative estimate of drug-likeness (QED) is 0.177. The highest BCUT2D eigenvalue weighted by molar-refractivity contribution is 7.27. The highest BCUT2D eigenvalue weighted by atomic mass is 32.1. The molecule has 0 amide bonds. The first-order valence-corrected chi connectivity index (χ1v) is 12.2. The number of non-ortho nitro benzene ring substituents is 2. The molecule has 0 N–H and O–H groups in total. The van der Waals surface area contributed by atoms with Crippen molar-refractivity contribution in [2.24, 2.45) is 0 Å². The van der Waals surface area contributed by atoms with E-state index in [1.54, 1.807) is 58.3 Å². The van der Waals surface area contributed by atoms with Crippen molar-refractivity contribution in [2.75, 3.05) is 0 Å². The maximum absolute atomic E-state index is 10.9. The fourth-order valence-electron chi connectivity index (χ4n) is 3.35. The fraction of sp³-hybridized carbons (Fsp3) is 0. The van der Waals surface area contributed by atoms with Crippen molar-refractivity contribution < 1.29 is 9.85 Å². The molecule has 9 heteroatoms. The van der Waals surface area contributed by atoms with Crippen LogP contribution in [0.4, 0.5) is 11.4 Å². The van der Waals surface area contributed by atoms with E-state index in [9.17, 15) is 20.2 Å². The third-order valence-corrected chi connectivity index (χ3v) is 8.77. The van der Waals surface area contributed by atoms with Gasteiger partial charge in [-0.2, -0.15) is 0 Å². The summed E-state index contributed by atoms with van der Waals surface area (Å²) in [4.78, 5) is 27.7. The van der Waals surface area contributed by atoms with Gasteiger partial charge in [0.25, 0.3) is 11.4 Å². The predicted molar refractivity (Wildman–Crippen MR) is 135 cm³/mol. The van der Waals surface area contributed by atoms with Crippen LogP contribution in [0.15, 0.2) is 84.9 Å². The van der Waals surface area contributed by atoms with E-state index >= 15 is 0 Å². The molecule has 3 aromatic heterocycles. The maximum atomic E-state index is 10.9. The van der Waals surface area contributed by atoms with Crippen LogP contribution in [-0.2, 0) is 0 Å². The van der Waals surface area contributed by atoms with Gasteiger partial charge in [0.1, 0.15) is 0 Å². The molecule has 2 aromatic carbocycles. The Kier molecular flexibility index (Phi) is 5.59. The number of nitrogens with zero attached hydrogens (tertiary/aromatic N) is 2. The van der Waals surface area contributed by atoms with Gasteiger partial charge in [0, 0.05) is 53.5 Å². The zero-order valence-electron chi connectivity index (χ0n) is 16.8. The Hall–Kier alpha value is -3.66. The number of rotatable bonds is 6. The van der Waals surface area contributed by atoms with Crippen LogP contribution < -0.4 is 0 Å². The highest BCUT2D eigenvalue weighted by Crippen LogP contribution is 2.43. The summed E-state index contributed by atoms with van der Waals surface area (Å²) < 4.78 is 0. The molecule has 0 aliphatic carbocycles. The lowest BCUT2D eigenvalue weighted by molar-refractivity contribution is -0.385. The number of nitro benzene ring substituents is 2. The molecule has 33 heavy (non-hydrogen) atoms. The van der Waals surface area contributed by atoms with Crippen molar-refractivity contribution in [1.29, 1.82) is 0 Å². The second-order valence-electron chi connectivity index (χ2n) is 7.10. The molecule has 0 fully saturated rings. The van der Waals surface area contributed by atoms with Crippen molar-refractivity contribution in [3.63, 3.8) is 0 Å². The molecule has 0 saturated carbocycles. The lowest BCUT2D eigenvalue weighted by Gasteiger charge is -1.97. The van der Waals surface area contributed by atoms with E-state index in [0.29, 0.717) is 0 Å². The van der Waals surface area contributed by atoms with Gasteiger partial charge in [-0.3, -0.25) is 20.2 Å². The third-order valence-electron chi connectivity index (χ3n) is 5.03. The van der Waals surface area contributed by atoms with Gasteiger partial charge in [0.15, 0.2) is 0 Å². The molecular formula is C24H14N2O4S3. The predicted octanol–water partition coefficient (Wildman–Crippen LogP) is 8.36. The molecule has 5 aromatic rings. The first-order valence-electron chi connectivity index (χ1n) is 9.78. The van der Waals surface area contributed by atoms with Crippen molar-refractivity contribution in [2.45, 2.75) is 0 Å². The van der Waals surface area contributed by atoms with Gasteiger partial charge < -0.3 is 0 Å². The standard InChI is InChI=1S/C24H14N2O4S3/c27-25(28)17-5-1-15(2-6-17)19-9-11-21(31-19)23-13-14-24(33-23)22-12-10-20(32-22)16-3-7-18(8-4-16)26(29)30/h1-14H. The van der Waals surface area contributed by atoms with Crippen LogP contribution in [-0.4, -0.2) is 9.85 Å². The van der Waals surface area contributed by atoms with Crippen molar-refractivity contribution in [3.8, 4) is 40.4 Å². The van der Waals surface area contributed by atoms with Crippen LogP contribution in [0.25, 0.3) is 40.4 Å². The summed E-state index contributed by atoms with van der Waals surface area (Å²) in [6.45, 7) is 0. The smallest absolute Gasteiger partial charge is 0.258 e. The first kappa shape index (κ1) is 21.2. The van der Waals surface area contributed by atoms with E-state index in [-0.39, 0.29) is 11.4 Å². The van der Waals surface area contributed by atoms with E-state index < -0.39 is 9.85 Å². The van der Waals surface area contributed by atoms with Crippen LogP contribution in [0.2, 0.25) is 0 Å². The van der Waals surface area contributed by atoms with E-state index in [1.165, 1.54) is 24.3 Å². The van der Waals surface area contributed by atoms with Gasteiger partial charge in [-0.05, 0) is 71.8 Å². The Bertz CT molecular complexity index is 1350. The topological polar surface area (TPSA) is 86.3 Å². The number of hydrogen-bond acceptors (Lipinski definition) is 7. The highest BCUT2D eigenvalue weighted by Gasteiger charge is 2.13. The molecule has 162 valence electrons. The van der Waals surface area contributed by atoms with E-state index in [4.69, 9.17) is 0 Å². The number of thiophene rings is 3. The third kappa shape index (κ3) is 4.34. The summed E-state index contributed by atoms with van der Waals surface area (Å²) >= 11 is 5.02. The monoisotopic (exact) mass is 490 g/mol. The van der Waals surface area contributed by atoms with Crippen LogP contribution in [0.1, 0.15) is 0 Å². The summed E-state index contributed by atoms with van der Waals surface area (Å²) in [6.07, 6.45) is 0. The maximum Gasteiger partial charge on any atom is 0.269 e. The molecule has 0 atom stereocenters. The fourth-order valence-corrected chi connectivity index (χ4v) is 6.56. The van der Waals surface area contributed by atoms with Gasteiger partial charge in [-0.25, -0.2) is 0 Å². The molecule has 3 heterocycles. The van der Waals surface area contributed by atoms with Gasteiger partial charge in [0.2, 0.25) is 0 Å². The van der Waals surface area contributed by atoms with Crippen molar-refractivity contribution >= 4 is 45.4 Å². The van der Waals surface area contributed by atoms with Crippen molar-refractivity contribution in [3.05, 3.63) is 105 Å². The van der Waals surface area contributed by atoms with Crippen LogP contribution in [0.3, 0.4) is 0 Å². The SMILES string of the molecule is O=[N+]([O-])c1ccc(-c2ccc(-c3ccc(-c4ccc(-c5ccc([N+](=O)[O-])cc5)s4)s3)s2)cc1. The van der Waals surface area contributed by atoms with Crippen LogP contribution in [0, 0.1) is 20.2 Å². The average molecular weight is 491 g/mol. The van der Waals surface area contributed by atoms with Gasteiger partial charge in [-0.15, -0.1) is 34.0 Å². The molecular weight excluding hydrogens is 476 g/mol. The molecule has 5 rings (SSSR count). The minimum Gasteiger partial charge on any atom is -0.258 e. The molecule has 0 saturated heterocycles. The normalized spacial score (nSPS) is 10.9. The second-order valence-corrected chi connectivity index (χ2v) is 10.4. The summed E-state index contributed by atoms with van der Waals surface area (Å²) in [5, 5.41) is 21.7. The van der Waals surface area contributed by atoms with E-state index in [0.717, 1.165) is 40.4 Å². The molecule has 0 bridgehead atoms. The Morgan fingerprint density at radius 3 is 1.00 bits per heavy atom. The average Bonchev–Trinajstić information content (AvgIpc) is 3.59. The largest absolute Gasteiger partial charge is 0.269 e. The second kappa shape index (κ2) is 8.70. The number of benzene rings is 2. The van der Waals surface area contributed by atoms with E-state index in [2.05, 4.69) is 24.3 Å². The Labute approximate surface area is 200 Å².